The summed E-state index contributed by atoms with van der Waals surface area (Å²) in [6.45, 7) is 8.60. The number of nitrogens with zero attached hydrogens (tertiary/aromatic N) is 1. The van der Waals surface area contributed by atoms with E-state index in [-0.39, 0.29) is 5.56 Å². The third kappa shape index (κ3) is 6.87. The second-order valence-corrected chi connectivity index (χ2v) is 11.3. The second kappa shape index (κ2) is 10.4. The van der Waals surface area contributed by atoms with E-state index in [9.17, 15) is 9.18 Å². The van der Waals surface area contributed by atoms with E-state index >= 15 is 0 Å². The van der Waals surface area contributed by atoms with E-state index in [0.29, 0.717) is 34.2 Å². The average molecular weight is 508 g/mol. The van der Waals surface area contributed by atoms with E-state index in [4.69, 9.17) is 32.7 Å². The van der Waals surface area contributed by atoms with E-state index < -0.39 is 17.4 Å². The molecule has 0 amide bonds. The molecular formula is C27H32Cl2FNO3. The van der Waals surface area contributed by atoms with Crippen LogP contribution in [-0.4, -0.2) is 36.2 Å². The van der Waals surface area contributed by atoms with Gasteiger partial charge in [-0.05, 0) is 107 Å². The van der Waals surface area contributed by atoms with Crippen LogP contribution in [0.5, 0.6) is 5.75 Å². The van der Waals surface area contributed by atoms with Gasteiger partial charge in [-0.1, -0.05) is 23.2 Å². The third-order valence-corrected chi connectivity index (χ3v) is 6.68. The average Bonchev–Trinajstić information content (AvgIpc) is 3.56. The van der Waals surface area contributed by atoms with Crippen molar-refractivity contribution in [2.45, 2.75) is 64.5 Å². The molecule has 2 aromatic carbocycles. The van der Waals surface area contributed by atoms with E-state index in [0.717, 1.165) is 56.4 Å². The summed E-state index contributed by atoms with van der Waals surface area (Å²) in [5, 5.41) is 1.31. The van der Waals surface area contributed by atoms with Crippen LogP contribution in [0.4, 0.5) is 4.39 Å². The number of esters is 1. The molecule has 34 heavy (non-hydrogen) atoms. The van der Waals surface area contributed by atoms with Crippen molar-refractivity contribution in [1.82, 2.24) is 4.90 Å². The quantitative estimate of drug-likeness (QED) is 0.369. The molecule has 1 aliphatic carbocycles. The topological polar surface area (TPSA) is 38.8 Å². The van der Waals surface area contributed by atoms with Crippen LogP contribution in [0.3, 0.4) is 0 Å². The number of rotatable bonds is 7. The summed E-state index contributed by atoms with van der Waals surface area (Å²) in [7, 11) is 0. The minimum atomic E-state index is -0.674. The van der Waals surface area contributed by atoms with Crippen molar-refractivity contribution >= 4 is 29.2 Å². The van der Waals surface area contributed by atoms with E-state index in [1.165, 1.54) is 6.07 Å². The number of likely N-dealkylation sites (tertiary alicyclic amines) is 1. The van der Waals surface area contributed by atoms with Gasteiger partial charge in [-0.2, -0.15) is 0 Å². The lowest BCUT2D eigenvalue weighted by molar-refractivity contribution is 0.00645. The molecule has 0 atom stereocenters. The maximum Gasteiger partial charge on any atom is 0.341 e. The van der Waals surface area contributed by atoms with Crippen molar-refractivity contribution in [1.29, 1.82) is 0 Å². The number of benzene rings is 2. The van der Waals surface area contributed by atoms with Crippen LogP contribution in [0, 0.1) is 11.7 Å². The lowest BCUT2D eigenvalue weighted by Crippen LogP contribution is -2.35. The first-order valence-electron chi connectivity index (χ1n) is 11.9. The minimum absolute atomic E-state index is 0.0152. The largest absolute Gasteiger partial charge is 0.493 e. The molecule has 184 valence electrons. The molecule has 0 unspecified atom stereocenters. The first kappa shape index (κ1) is 25.3. The van der Waals surface area contributed by atoms with Gasteiger partial charge in [0.05, 0.1) is 12.2 Å². The zero-order chi connectivity index (χ0) is 24.5. The summed E-state index contributed by atoms with van der Waals surface area (Å²) >= 11 is 12.2. The summed E-state index contributed by atoms with van der Waals surface area (Å²) in [4.78, 5) is 14.9. The number of halogens is 3. The van der Waals surface area contributed by atoms with Crippen molar-refractivity contribution in [2.24, 2.45) is 5.92 Å². The molecule has 4 rings (SSSR count). The molecule has 2 aromatic rings. The first-order valence-corrected chi connectivity index (χ1v) is 12.7. The number of ether oxygens (including phenoxy) is 2. The monoisotopic (exact) mass is 507 g/mol. The summed E-state index contributed by atoms with van der Waals surface area (Å²) in [5.74, 6) is 0.0572. The van der Waals surface area contributed by atoms with Gasteiger partial charge in [-0.3, -0.25) is 4.90 Å². The van der Waals surface area contributed by atoms with Crippen molar-refractivity contribution in [3.8, 4) is 5.75 Å². The fraction of sp³-hybridized carbons (Fsp3) is 0.519. The van der Waals surface area contributed by atoms with E-state index in [2.05, 4.69) is 4.90 Å². The predicted octanol–water partition coefficient (Wildman–Crippen LogP) is 7.26. The third-order valence-electron chi connectivity index (χ3n) is 6.25. The molecule has 7 heteroatoms. The van der Waals surface area contributed by atoms with E-state index in [1.54, 1.807) is 32.9 Å². The van der Waals surface area contributed by atoms with Gasteiger partial charge in [-0.15, -0.1) is 0 Å². The van der Waals surface area contributed by atoms with Gasteiger partial charge in [0.2, 0.25) is 0 Å². The Bertz CT molecular complexity index is 1020. The minimum Gasteiger partial charge on any atom is -0.493 e. The number of carbonyl (C=O) groups excluding carboxylic acids is 1. The molecule has 0 aromatic heterocycles. The zero-order valence-corrected chi connectivity index (χ0v) is 21.5. The SMILES string of the molecule is CC(C)(C)OC(=O)c1cc(C2CC2)c(OCC2CCN(Cc3cc(Cl)cc(Cl)c3)CC2)cc1F. The molecule has 1 saturated carbocycles. The van der Waals surface area contributed by atoms with Crippen molar-refractivity contribution in [3.05, 3.63) is 62.9 Å². The van der Waals surface area contributed by atoms with Gasteiger partial charge in [0.15, 0.2) is 0 Å². The Hall–Kier alpha value is -1.82. The van der Waals surface area contributed by atoms with Gasteiger partial charge >= 0.3 is 5.97 Å². The van der Waals surface area contributed by atoms with Crippen LogP contribution in [0.25, 0.3) is 0 Å². The Kier molecular flexibility index (Phi) is 7.75. The molecule has 4 nitrogen and oxygen atoms in total. The zero-order valence-electron chi connectivity index (χ0n) is 20.0. The Balaban J connectivity index is 1.34. The highest BCUT2D eigenvalue weighted by atomic mass is 35.5. The van der Waals surface area contributed by atoms with Gasteiger partial charge in [0.25, 0.3) is 0 Å². The van der Waals surface area contributed by atoms with Crippen molar-refractivity contribution < 1.29 is 18.7 Å². The van der Waals surface area contributed by atoms with Gasteiger partial charge in [-0.25, -0.2) is 9.18 Å². The van der Waals surface area contributed by atoms with Crippen molar-refractivity contribution in [3.63, 3.8) is 0 Å². The van der Waals surface area contributed by atoms with Gasteiger partial charge < -0.3 is 9.47 Å². The number of carbonyl (C=O) groups is 1. The fourth-order valence-corrected chi connectivity index (χ4v) is 4.95. The summed E-state index contributed by atoms with van der Waals surface area (Å²) in [6, 6.07) is 8.66. The molecule has 1 aliphatic heterocycles. The van der Waals surface area contributed by atoms with Crippen LogP contribution in [0.1, 0.15) is 73.9 Å². The van der Waals surface area contributed by atoms with Gasteiger partial charge in [0.1, 0.15) is 17.2 Å². The summed E-state index contributed by atoms with van der Waals surface area (Å²) in [5.41, 5.74) is 1.34. The Morgan fingerprint density at radius 3 is 2.26 bits per heavy atom. The molecule has 0 bridgehead atoms. The highest BCUT2D eigenvalue weighted by Gasteiger charge is 2.31. The maximum absolute atomic E-state index is 14.8. The Morgan fingerprint density at radius 2 is 1.68 bits per heavy atom. The first-order chi connectivity index (χ1) is 16.1. The highest BCUT2D eigenvalue weighted by Crippen LogP contribution is 2.45. The van der Waals surface area contributed by atoms with Crippen LogP contribution >= 0.6 is 23.2 Å². The second-order valence-electron chi connectivity index (χ2n) is 10.5. The maximum atomic E-state index is 14.8. The molecule has 1 heterocycles. The normalized spacial score (nSPS) is 17.6. The van der Waals surface area contributed by atoms with E-state index in [1.807, 2.05) is 12.1 Å². The highest BCUT2D eigenvalue weighted by molar-refractivity contribution is 6.34. The summed E-state index contributed by atoms with van der Waals surface area (Å²) < 4.78 is 26.3. The number of hydrogen-bond donors (Lipinski definition) is 0. The lowest BCUT2D eigenvalue weighted by atomic mass is 9.97. The van der Waals surface area contributed by atoms with Gasteiger partial charge in [0, 0.05) is 22.7 Å². The molecule has 2 fully saturated rings. The molecular weight excluding hydrogens is 476 g/mol. The molecule has 2 aliphatic rings. The Labute approximate surface area is 211 Å². The van der Waals surface area contributed by atoms with Crippen molar-refractivity contribution in [2.75, 3.05) is 19.7 Å². The fourth-order valence-electron chi connectivity index (χ4n) is 4.38. The predicted molar refractivity (Wildman–Crippen MR) is 134 cm³/mol. The van der Waals surface area contributed by atoms with Crippen LogP contribution in [-0.2, 0) is 11.3 Å². The Morgan fingerprint density at radius 1 is 1.03 bits per heavy atom. The molecule has 1 saturated heterocycles. The lowest BCUT2D eigenvalue weighted by Gasteiger charge is -2.32. The van der Waals surface area contributed by atoms with Crippen LogP contribution in [0.15, 0.2) is 30.3 Å². The molecule has 0 N–H and O–H groups in total. The number of piperidine rings is 1. The molecule has 0 radical (unpaired) electrons. The molecule has 0 spiro atoms. The van der Waals surface area contributed by atoms with Crippen LogP contribution in [0.2, 0.25) is 10.0 Å². The van der Waals surface area contributed by atoms with Crippen LogP contribution < -0.4 is 4.74 Å². The smallest absolute Gasteiger partial charge is 0.341 e. The summed E-state index contributed by atoms with van der Waals surface area (Å²) in [6.07, 6.45) is 4.07. The number of hydrogen-bond acceptors (Lipinski definition) is 4. The standard InChI is InChI=1S/C27H32Cl2FNO3/c1-27(2,3)34-26(32)23-13-22(19-4-5-19)25(14-24(23)30)33-16-17-6-8-31(9-7-17)15-18-10-20(28)12-21(29)11-18/h10-14,17,19H,4-9,15-16H2,1-3H3.